The molecule has 0 bridgehead atoms. The van der Waals surface area contributed by atoms with Gasteiger partial charge in [0.1, 0.15) is 25.4 Å². The van der Waals surface area contributed by atoms with Gasteiger partial charge in [0.2, 0.25) is 11.8 Å². The first kappa shape index (κ1) is 44.6. The molecule has 4 atom stereocenters. The highest BCUT2D eigenvalue weighted by Crippen LogP contribution is 2.21. The Kier molecular flexibility index (Phi) is 16.6. The van der Waals surface area contributed by atoms with Crippen molar-refractivity contribution in [3.63, 3.8) is 0 Å². The van der Waals surface area contributed by atoms with Crippen molar-refractivity contribution in [3.8, 4) is 0 Å². The van der Waals surface area contributed by atoms with Crippen molar-refractivity contribution >= 4 is 35.0 Å². The molecule has 0 aliphatic rings. The molecule has 0 saturated heterocycles. The van der Waals surface area contributed by atoms with Crippen molar-refractivity contribution in [2.24, 2.45) is 0 Å². The second kappa shape index (κ2) is 23.1. The van der Waals surface area contributed by atoms with Crippen LogP contribution in [0.3, 0.4) is 0 Å². The number of rotatable bonds is 21. The molecule has 318 valence electrons. The Morgan fingerprint density at radius 3 is 1.08 bits per heavy atom. The van der Waals surface area contributed by atoms with Crippen molar-refractivity contribution < 1.29 is 38.9 Å². The molecule has 0 aliphatic heterocycles. The van der Waals surface area contributed by atoms with Gasteiger partial charge in [-0.25, -0.2) is 0 Å². The number of para-hydroxylation sites is 2. The van der Waals surface area contributed by atoms with Gasteiger partial charge in [0, 0.05) is 0 Å². The smallest absolute Gasteiger partial charge is 0.253 e. The van der Waals surface area contributed by atoms with E-state index < -0.39 is 47.9 Å². The molecule has 12 heteroatoms. The van der Waals surface area contributed by atoms with Crippen LogP contribution in [0.4, 0.5) is 11.4 Å². The van der Waals surface area contributed by atoms with Crippen LogP contribution >= 0.6 is 0 Å². The minimum Gasteiger partial charge on any atom is -0.388 e. The monoisotopic (exact) mass is 834 g/mol. The topological polar surface area (TPSA) is 175 Å². The number of aliphatic hydroxyl groups is 2. The third kappa shape index (κ3) is 13.5. The zero-order chi connectivity index (χ0) is 43.5. The highest BCUT2D eigenvalue weighted by atomic mass is 16.5. The van der Waals surface area contributed by atoms with Gasteiger partial charge in [0.15, 0.2) is 0 Å². The number of ether oxygens (including phenoxy) is 2. The maximum atomic E-state index is 14.1. The predicted octanol–water partition coefficient (Wildman–Crippen LogP) is 6.10. The number of anilines is 2. The zero-order valence-corrected chi connectivity index (χ0v) is 34.1. The van der Waals surface area contributed by atoms with Crippen molar-refractivity contribution in [3.05, 3.63) is 203 Å². The number of benzene rings is 6. The van der Waals surface area contributed by atoms with Gasteiger partial charge in [0.05, 0.1) is 47.8 Å². The highest BCUT2D eigenvalue weighted by molar-refractivity contribution is 6.05. The summed E-state index contributed by atoms with van der Waals surface area (Å²) in [6.45, 7) is -0.0308. The van der Waals surface area contributed by atoms with E-state index in [1.807, 2.05) is 121 Å². The van der Waals surface area contributed by atoms with Crippen molar-refractivity contribution in [2.75, 3.05) is 23.8 Å². The molecule has 62 heavy (non-hydrogen) atoms. The summed E-state index contributed by atoms with van der Waals surface area (Å²) in [7, 11) is 0. The number of carbonyl (C=O) groups excluding carboxylic acids is 4. The lowest BCUT2D eigenvalue weighted by Gasteiger charge is -2.33. The van der Waals surface area contributed by atoms with Crippen molar-refractivity contribution in [2.45, 2.75) is 50.3 Å². The van der Waals surface area contributed by atoms with Gasteiger partial charge in [-0.3, -0.25) is 19.2 Å². The van der Waals surface area contributed by atoms with Gasteiger partial charge in [-0.15, -0.1) is 0 Å². The Hall–Kier alpha value is -6.96. The molecule has 6 aromatic carbocycles. The van der Waals surface area contributed by atoms with Gasteiger partial charge in [-0.1, -0.05) is 146 Å². The summed E-state index contributed by atoms with van der Waals surface area (Å²) in [4.78, 5) is 54.0. The molecular formula is C50H50N4O8. The zero-order valence-electron chi connectivity index (χ0n) is 34.1. The largest absolute Gasteiger partial charge is 0.388 e. The van der Waals surface area contributed by atoms with E-state index in [0.717, 1.165) is 22.3 Å². The van der Waals surface area contributed by atoms with Crippen molar-refractivity contribution in [1.82, 2.24) is 10.6 Å². The lowest BCUT2D eigenvalue weighted by molar-refractivity contribution is -0.121. The summed E-state index contributed by atoms with van der Waals surface area (Å²) in [5.41, 5.74) is 4.06. The Morgan fingerprint density at radius 2 is 0.726 bits per heavy atom. The summed E-state index contributed by atoms with van der Waals surface area (Å²) < 4.78 is 11.2. The maximum absolute atomic E-state index is 14.1. The van der Waals surface area contributed by atoms with Crippen LogP contribution in [-0.4, -0.2) is 71.3 Å². The van der Waals surface area contributed by atoms with E-state index in [1.54, 1.807) is 48.5 Å². The normalized spacial score (nSPS) is 12.9. The SMILES string of the molecule is O=C(COCc1ccccc1)Nc1ccccc1C(=O)N[C@@H](Cc1ccccc1)[C@H](O)[C@H](O)[C@H](Cc1ccccc1)NC(=O)c1ccccc1NC(=O)COCc1ccccc1. The molecule has 0 aliphatic carbocycles. The maximum Gasteiger partial charge on any atom is 0.253 e. The lowest BCUT2D eigenvalue weighted by atomic mass is 9.90. The molecule has 6 rings (SSSR count). The van der Waals surface area contributed by atoms with Crippen LogP contribution in [0.5, 0.6) is 0 Å². The van der Waals surface area contributed by atoms with Crippen LogP contribution in [0.15, 0.2) is 170 Å². The molecule has 0 heterocycles. The summed E-state index contributed by atoms with van der Waals surface area (Å²) >= 11 is 0. The number of nitrogens with one attached hydrogen (secondary N) is 4. The van der Waals surface area contributed by atoms with Gasteiger partial charge in [-0.05, 0) is 59.4 Å². The summed E-state index contributed by atoms with van der Waals surface area (Å²) in [5.74, 6) is -2.15. The van der Waals surface area contributed by atoms with E-state index in [2.05, 4.69) is 21.3 Å². The number of carbonyl (C=O) groups is 4. The Bertz CT molecular complexity index is 2180. The number of amides is 4. The fourth-order valence-corrected chi connectivity index (χ4v) is 6.84. The predicted molar refractivity (Wildman–Crippen MR) is 237 cm³/mol. The van der Waals surface area contributed by atoms with Crippen molar-refractivity contribution in [1.29, 1.82) is 0 Å². The average molecular weight is 835 g/mol. The Balaban J connectivity index is 1.18. The standard InChI is InChI=1S/C50H50N4O8/c55-45(33-61-31-37-21-9-3-10-22-37)51-41-27-15-13-25-39(41)49(59)53-43(29-35-17-5-1-6-18-35)47(57)48(58)44(30-36-19-7-2-8-20-36)54-50(60)40-26-14-16-28-42(40)52-46(56)34-62-32-38-23-11-4-12-24-38/h1-28,43-44,47-48,57-58H,29-34H2,(H,51,55)(H,52,56)(H,53,59)(H,54,60)/t43-,44-,47-,48+/m0/s1. The van der Waals surface area contributed by atoms with E-state index in [1.165, 1.54) is 0 Å². The minimum atomic E-state index is -1.61. The first-order valence-corrected chi connectivity index (χ1v) is 20.3. The molecule has 0 unspecified atom stereocenters. The third-order valence-electron chi connectivity index (χ3n) is 9.99. The van der Waals surface area contributed by atoms with Crippen LogP contribution in [0.2, 0.25) is 0 Å². The average Bonchev–Trinajstić information content (AvgIpc) is 3.29. The van der Waals surface area contributed by atoms with Crippen LogP contribution in [0.1, 0.15) is 43.0 Å². The molecule has 0 saturated carbocycles. The highest BCUT2D eigenvalue weighted by Gasteiger charge is 2.35. The van der Waals surface area contributed by atoms with Crippen LogP contribution in [0, 0.1) is 0 Å². The van der Waals surface area contributed by atoms with E-state index in [-0.39, 0.29) is 61.8 Å². The lowest BCUT2D eigenvalue weighted by Crippen LogP contribution is -2.57. The molecule has 0 aromatic heterocycles. The quantitative estimate of drug-likeness (QED) is 0.0505. The second-order valence-electron chi connectivity index (χ2n) is 14.7. The number of hydrogen-bond donors (Lipinski definition) is 6. The fraction of sp³-hybridized carbons (Fsp3) is 0.200. The van der Waals surface area contributed by atoms with Gasteiger partial charge >= 0.3 is 0 Å². The molecule has 4 amide bonds. The van der Waals surface area contributed by atoms with Crippen LogP contribution in [0.25, 0.3) is 0 Å². The molecule has 0 radical (unpaired) electrons. The minimum absolute atomic E-state index is 0.111. The molecule has 6 N–H and O–H groups in total. The summed E-state index contributed by atoms with van der Waals surface area (Å²) in [6, 6.07) is 47.9. The first-order valence-electron chi connectivity index (χ1n) is 20.3. The van der Waals surface area contributed by atoms with Gasteiger partial charge in [-0.2, -0.15) is 0 Å². The Morgan fingerprint density at radius 1 is 0.419 bits per heavy atom. The van der Waals surface area contributed by atoms with E-state index >= 15 is 0 Å². The molecular weight excluding hydrogens is 785 g/mol. The second-order valence-corrected chi connectivity index (χ2v) is 14.7. The fourth-order valence-electron chi connectivity index (χ4n) is 6.84. The van der Waals surface area contributed by atoms with Crippen LogP contribution in [-0.2, 0) is 45.1 Å². The summed E-state index contributed by atoms with van der Waals surface area (Å²) in [5, 5.41) is 35.4. The summed E-state index contributed by atoms with van der Waals surface area (Å²) in [6.07, 6.45) is -3.00. The van der Waals surface area contributed by atoms with Gasteiger partial charge in [0.25, 0.3) is 11.8 Å². The van der Waals surface area contributed by atoms with Gasteiger partial charge < -0.3 is 41.0 Å². The molecule has 12 nitrogen and oxygen atoms in total. The van der Waals surface area contributed by atoms with E-state index in [4.69, 9.17) is 9.47 Å². The van der Waals surface area contributed by atoms with Crippen LogP contribution < -0.4 is 21.3 Å². The first-order chi connectivity index (χ1) is 30.2. The molecule has 0 spiro atoms. The number of aliphatic hydroxyl groups excluding tert-OH is 2. The van der Waals surface area contributed by atoms with E-state index in [9.17, 15) is 29.4 Å². The Labute approximate surface area is 360 Å². The molecule has 6 aromatic rings. The third-order valence-corrected chi connectivity index (χ3v) is 9.99. The van der Waals surface area contributed by atoms with E-state index in [0.29, 0.717) is 0 Å². The molecule has 0 fully saturated rings. The number of hydrogen-bond acceptors (Lipinski definition) is 8.